The molecular formula is C14H29NS. The standard InChI is InChI=1S/C14H29NS/c1-11-6-12(2)8-15(7-11)9-13(10-16)14(3,4)5/h11-13,16H,6-10H2,1-5H3. The number of thiol groups is 1. The van der Waals surface area contributed by atoms with Crippen LogP contribution in [0.5, 0.6) is 0 Å². The van der Waals surface area contributed by atoms with Gasteiger partial charge in [-0.2, -0.15) is 12.6 Å². The lowest BCUT2D eigenvalue weighted by atomic mass is 9.80. The van der Waals surface area contributed by atoms with Crippen LogP contribution < -0.4 is 0 Å². The highest BCUT2D eigenvalue weighted by atomic mass is 32.1. The Balaban J connectivity index is 2.51. The van der Waals surface area contributed by atoms with Crippen LogP contribution in [0.25, 0.3) is 0 Å². The number of rotatable bonds is 3. The average molecular weight is 243 g/mol. The van der Waals surface area contributed by atoms with Crippen LogP contribution in [0.2, 0.25) is 0 Å². The van der Waals surface area contributed by atoms with Gasteiger partial charge in [0.2, 0.25) is 0 Å². The normalized spacial score (nSPS) is 30.4. The van der Waals surface area contributed by atoms with E-state index in [4.69, 9.17) is 0 Å². The average Bonchev–Trinajstić information content (AvgIpc) is 2.10. The minimum absolute atomic E-state index is 0.381. The molecular weight excluding hydrogens is 214 g/mol. The first kappa shape index (κ1) is 14.4. The molecule has 3 unspecified atom stereocenters. The first-order chi connectivity index (χ1) is 7.32. The fraction of sp³-hybridized carbons (Fsp3) is 1.00. The van der Waals surface area contributed by atoms with Gasteiger partial charge in [-0.3, -0.25) is 0 Å². The topological polar surface area (TPSA) is 3.24 Å². The van der Waals surface area contributed by atoms with Gasteiger partial charge in [-0.15, -0.1) is 0 Å². The van der Waals surface area contributed by atoms with Crippen molar-refractivity contribution in [1.29, 1.82) is 0 Å². The van der Waals surface area contributed by atoms with Gasteiger partial charge in [-0.25, -0.2) is 0 Å². The Morgan fingerprint density at radius 1 is 1.19 bits per heavy atom. The van der Waals surface area contributed by atoms with Crippen molar-refractivity contribution in [3.05, 3.63) is 0 Å². The van der Waals surface area contributed by atoms with Gasteiger partial charge in [-0.05, 0) is 35.3 Å². The Morgan fingerprint density at radius 2 is 1.69 bits per heavy atom. The summed E-state index contributed by atoms with van der Waals surface area (Å²) >= 11 is 4.53. The van der Waals surface area contributed by atoms with Crippen LogP contribution >= 0.6 is 12.6 Å². The molecule has 1 rings (SSSR count). The zero-order chi connectivity index (χ0) is 12.3. The number of hydrogen-bond donors (Lipinski definition) is 1. The molecule has 0 aliphatic carbocycles. The van der Waals surface area contributed by atoms with Crippen molar-refractivity contribution >= 4 is 12.6 Å². The molecule has 1 aliphatic rings. The van der Waals surface area contributed by atoms with Gasteiger partial charge in [0, 0.05) is 19.6 Å². The maximum atomic E-state index is 4.53. The van der Waals surface area contributed by atoms with E-state index in [9.17, 15) is 0 Å². The Hall–Kier alpha value is 0.310. The van der Waals surface area contributed by atoms with Gasteiger partial charge in [-0.1, -0.05) is 34.6 Å². The van der Waals surface area contributed by atoms with Gasteiger partial charge < -0.3 is 4.90 Å². The predicted molar refractivity (Wildman–Crippen MR) is 76.2 cm³/mol. The van der Waals surface area contributed by atoms with Gasteiger partial charge in [0.1, 0.15) is 0 Å². The Labute approximate surface area is 107 Å². The van der Waals surface area contributed by atoms with Crippen molar-refractivity contribution in [1.82, 2.24) is 4.90 Å². The third-order valence-corrected chi connectivity index (χ3v) is 4.31. The van der Waals surface area contributed by atoms with Gasteiger partial charge in [0.25, 0.3) is 0 Å². The summed E-state index contributed by atoms with van der Waals surface area (Å²) in [6.07, 6.45) is 1.40. The highest BCUT2D eigenvalue weighted by Gasteiger charge is 2.28. The molecule has 3 atom stereocenters. The Bertz CT molecular complexity index is 199. The van der Waals surface area contributed by atoms with E-state index in [0.717, 1.165) is 17.6 Å². The van der Waals surface area contributed by atoms with Crippen LogP contribution in [0, 0.1) is 23.2 Å². The molecule has 0 N–H and O–H groups in total. The smallest absolute Gasteiger partial charge is 0.00227 e. The van der Waals surface area contributed by atoms with Crippen molar-refractivity contribution in [2.24, 2.45) is 23.2 Å². The summed E-state index contributed by atoms with van der Waals surface area (Å²) in [6.45, 7) is 15.6. The number of piperidine rings is 1. The monoisotopic (exact) mass is 243 g/mol. The fourth-order valence-electron chi connectivity index (χ4n) is 2.86. The van der Waals surface area contributed by atoms with E-state index in [1.165, 1.54) is 26.1 Å². The van der Waals surface area contributed by atoms with Crippen LogP contribution in [0.1, 0.15) is 41.0 Å². The maximum Gasteiger partial charge on any atom is 0.00227 e. The van der Waals surface area contributed by atoms with Crippen molar-refractivity contribution in [2.75, 3.05) is 25.4 Å². The molecule has 16 heavy (non-hydrogen) atoms. The molecule has 0 bridgehead atoms. The van der Waals surface area contributed by atoms with Crippen molar-refractivity contribution in [3.63, 3.8) is 0 Å². The summed E-state index contributed by atoms with van der Waals surface area (Å²) in [4.78, 5) is 2.66. The molecule has 0 amide bonds. The summed E-state index contributed by atoms with van der Waals surface area (Å²) in [5.74, 6) is 3.44. The van der Waals surface area contributed by atoms with E-state index < -0.39 is 0 Å². The first-order valence-electron chi connectivity index (χ1n) is 6.66. The molecule has 1 fully saturated rings. The lowest BCUT2D eigenvalue weighted by Crippen LogP contribution is -2.44. The van der Waals surface area contributed by atoms with E-state index >= 15 is 0 Å². The van der Waals surface area contributed by atoms with Crippen LogP contribution in [-0.4, -0.2) is 30.3 Å². The lowest BCUT2D eigenvalue weighted by Gasteiger charge is -2.40. The number of nitrogens with zero attached hydrogens (tertiary/aromatic N) is 1. The van der Waals surface area contributed by atoms with Gasteiger partial charge >= 0.3 is 0 Å². The largest absolute Gasteiger partial charge is 0.302 e. The van der Waals surface area contributed by atoms with Crippen LogP contribution in [0.3, 0.4) is 0 Å². The molecule has 0 aromatic carbocycles. The summed E-state index contributed by atoms with van der Waals surface area (Å²) in [6, 6.07) is 0. The van der Waals surface area contributed by atoms with Crippen molar-refractivity contribution < 1.29 is 0 Å². The van der Waals surface area contributed by atoms with Crippen LogP contribution in [-0.2, 0) is 0 Å². The Kier molecular flexibility index (Phi) is 5.18. The summed E-state index contributed by atoms with van der Waals surface area (Å²) in [5.41, 5.74) is 0.381. The van der Waals surface area contributed by atoms with E-state index in [-0.39, 0.29) is 0 Å². The molecule has 2 heteroatoms. The zero-order valence-corrected chi connectivity index (χ0v) is 12.6. The minimum atomic E-state index is 0.381. The van der Waals surface area contributed by atoms with E-state index in [1.807, 2.05) is 0 Å². The summed E-state index contributed by atoms with van der Waals surface area (Å²) in [7, 11) is 0. The predicted octanol–water partition coefficient (Wildman–Crippen LogP) is 3.56. The van der Waals surface area contributed by atoms with Crippen molar-refractivity contribution in [2.45, 2.75) is 41.0 Å². The lowest BCUT2D eigenvalue weighted by molar-refractivity contribution is 0.0969. The third kappa shape index (κ3) is 4.29. The zero-order valence-electron chi connectivity index (χ0n) is 11.7. The fourth-order valence-corrected chi connectivity index (χ4v) is 3.52. The highest BCUT2D eigenvalue weighted by molar-refractivity contribution is 7.80. The SMILES string of the molecule is CC1CC(C)CN(CC(CS)C(C)(C)C)C1. The molecule has 0 aromatic rings. The van der Waals surface area contributed by atoms with E-state index in [2.05, 4.69) is 52.1 Å². The Morgan fingerprint density at radius 3 is 2.06 bits per heavy atom. The molecule has 1 heterocycles. The number of hydrogen-bond acceptors (Lipinski definition) is 2. The maximum absolute atomic E-state index is 4.53. The van der Waals surface area contributed by atoms with Gasteiger partial charge in [0.05, 0.1) is 0 Å². The third-order valence-electron chi connectivity index (χ3n) is 3.87. The second-order valence-corrected chi connectivity index (χ2v) is 7.28. The molecule has 0 radical (unpaired) electrons. The van der Waals surface area contributed by atoms with E-state index in [1.54, 1.807) is 0 Å². The molecule has 1 nitrogen and oxygen atoms in total. The van der Waals surface area contributed by atoms with Crippen LogP contribution in [0.4, 0.5) is 0 Å². The first-order valence-corrected chi connectivity index (χ1v) is 7.29. The highest BCUT2D eigenvalue weighted by Crippen LogP contribution is 2.30. The minimum Gasteiger partial charge on any atom is -0.302 e. The molecule has 0 saturated carbocycles. The quantitative estimate of drug-likeness (QED) is 0.742. The van der Waals surface area contributed by atoms with Crippen molar-refractivity contribution in [3.8, 4) is 0 Å². The second-order valence-electron chi connectivity index (χ2n) is 6.91. The molecule has 1 aliphatic heterocycles. The van der Waals surface area contributed by atoms with E-state index in [0.29, 0.717) is 11.3 Å². The second kappa shape index (κ2) is 5.77. The number of likely N-dealkylation sites (tertiary alicyclic amines) is 1. The molecule has 0 aromatic heterocycles. The summed E-state index contributed by atoms with van der Waals surface area (Å²) < 4.78 is 0. The molecule has 1 saturated heterocycles. The van der Waals surface area contributed by atoms with Gasteiger partial charge in [0.15, 0.2) is 0 Å². The molecule has 0 spiro atoms. The molecule has 96 valence electrons. The summed E-state index contributed by atoms with van der Waals surface area (Å²) in [5, 5.41) is 0. The van der Waals surface area contributed by atoms with Crippen LogP contribution in [0.15, 0.2) is 0 Å².